The summed E-state index contributed by atoms with van der Waals surface area (Å²) < 4.78 is 28.6. The molecule has 4 rings (SSSR count). The molecule has 2 amide bonds. The lowest BCUT2D eigenvalue weighted by Gasteiger charge is -2.33. The first-order valence-corrected chi connectivity index (χ1v) is 15.0. The summed E-state index contributed by atoms with van der Waals surface area (Å²) in [7, 11) is -4.04. The molecule has 206 valence electrons. The SMILES string of the molecule is Cc1ccc(CN(C(=O)CN(c2ccccc2)S(=O)(=O)c2ccccc2)[C@@H](C)C(=O)NC2CCCCC2)cc1. The lowest BCUT2D eigenvalue weighted by molar-refractivity contribution is -0.139. The van der Waals surface area contributed by atoms with Gasteiger partial charge >= 0.3 is 0 Å². The van der Waals surface area contributed by atoms with Gasteiger partial charge in [-0.05, 0) is 56.5 Å². The van der Waals surface area contributed by atoms with Crippen LogP contribution < -0.4 is 9.62 Å². The Morgan fingerprint density at radius 3 is 2.08 bits per heavy atom. The van der Waals surface area contributed by atoms with E-state index in [2.05, 4.69) is 5.32 Å². The van der Waals surface area contributed by atoms with Crippen molar-refractivity contribution in [1.82, 2.24) is 10.2 Å². The number of sulfonamides is 1. The minimum absolute atomic E-state index is 0.0924. The first-order valence-electron chi connectivity index (χ1n) is 13.5. The maximum absolute atomic E-state index is 14.0. The van der Waals surface area contributed by atoms with E-state index in [1.807, 2.05) is 31.2 Å². The van der Waals surface area contributed by atoms with Crippen LogP contribution in [0, 0.1) is 6.92 Å². The van der Waals surface area contributed by atoms with Crippen molar-refractivity contribution in [2.75, 3.05) is 10.8 Å². The van der Waals surface area contributed by atoms with Gasteiger partial charge in [0.2, 0.25) is 11.8 Å². The summed E-state index contributed by atoms with van der Waals surface area (Å²) in [4.78, 5) is 28.9. The van der Waals surface area contributed by atoms with Crippen LogP contribution in [-0.4, -0.2) is 43.8 Å². The van der Waals surface area contributed by atoms with Gasteiger partial charge < -0.3 is 10.2 Å². The number of carbonyl (C=O) groups is 2. The second kappa shape index (κ2) is 12.9. The summed E-state index contributed by atoms with van der Waals surface area (Å²) in [5.41, 5.74) is 2.33. The van der Waals surface area contributed by atoms with Crippen molar-refractivity contribution in [3.8, 4) is 0 Å². The number of amides is 2. The number of hydrogen-bond donors (Lipinski definition) is 1. The molecule has 0 heterocycles. The monoisotopic (exact) mass is 547 g/mol. The smallest absolute Gasteiger partial charge is 0.264 e. The molecule has 39 heavy (non-hydrogen) atoms. The predicted molar refractivity (Wildman–Crippen MR) is 154 cm³/mol. The minimum Gasteiger partial charge on any atom is -0.352 e. The van der Waals surface area contributed by atoms with Crippen molar-refractivity contribution >= 4 is 27.5 Å². The van der Waals surface area contributed by atoms with Crippen LogP contribution in [0.25, 0.3) is 0 Å². The van der Waals surface area contributed by atoms with Gasteiger partial charge in [-0.3, -0.25) is 13.9 Å². The number of benzene rings is 3. The Balaban J connectivity index is 1.64. The largest absolute Gasteiger partial charge is 0.352 e. The summed E-state index contributed by atoms with van der Waals surface area (Å²) in [6, 6.07) is 23.8. The topological polar surface area (TPSA) is 86.8 Å². The normalized spacial score (nSPS) is 14.8. The quantitative estimate of drug-likeness (QED) is 0.385. The van der Waals surface area contributed by atoms with Crippen molar-refractivity contribution in [2.45, 2.75) is 69.5 Å². The van der Waals surface area contributed by atoms with Crippen molar-refractivity contribution < 1.29 is 18.0 Å². The van der Waals surface area contributed by atoms with Crippen molar-refractivity contribution in [2.24, 2.45) is 0 Å². The third kappa shape index (κ3) is 7.26. The second-order valence-corrected chi connectivity index (χ2v) is 12.0. The van der Waals surface area contributed by atoms with Crippen LogP contribution in [0.3, 0.4) is 0 Å². The summed E-state index contributed by atoms with van der Waals surface area (Å²) in [6.45, 7) is 3.45. The van der Waals surface area contributed by atoms with E-state index in [4.69, 9.17) is 0 Å². The Morgan fingerprint density at radius 1 is 0.872 bits per heavy atom. The Labute approximate surface area is 231 Å². The van der Waals surface area contributed by atoms with Crippen LogP contribution in [0.15, 0.2) is 89.8 Å². The predicted octanol–water partition coefficient (Wildman–Crippen LogP) is 5.06. The van der Waals surface area contributed by atoms with E-state index >= 15 is 0 Å². The van der Waals surface area contributed by atoms with E-state index in [9.17, 15) is 18.0 Å². The van der Waals surface area contributed by atoms with E-state index in [0.29, 0.717) is 5.69 Å². The lowest BCUT2D eigenvalue weighted by Crippen LogP contribution is -2.53. The highest BCUT2D eigenvalue weighted by atomic mass is 32.2. The Bertz CT molecular complexity index is 1340. The number of hydrogen-bond acceptors (Lipinski definition) is 4. The summed E-state index contributed by atoms with van der Waals surface area (Å²) in [6.07, 6.45) is 5.19. The number of nitrogens with one attached hydrogen (secondary N) is 1. The molecule has 3 aromatic rings. The van der Waals surface area contributed by atoms with Gasteiger partial charge in [0.15, 0.2) is 0 Å². The van der Waals surface area contributed by atoms with Gasteiger partial charge in [-0.2, -0.15) is 0 Å². The molecule has 0 bridgehead atoms. The van der Waals surface area contributed by atoms with Crippen LogP contribution in [0.2, 0.25) is 0 Å². The molecule has 1 aliphatic rings. The molecule has 1 N–H and O–H groups in total. The molecule has 0 saturated heterocycles. The molecule has 1 atom stereocenters. The average Bonchev–Trinajstić information content (AvgIpc) is 2.96. The first kappa shape index (κ1) is 28.4. The highest BCUT2D eigenvalue weighted by Crippen LogP contribution is 2.24. The molecule has 8 heteroatoms. The highest BCUT2D eigenvalue weighted by Gasteiger charge is 2.33. The Morgan fingerprint density at radius 2 is 1.46 bits per heavy atom. The molecule has 1 aliphatic carbocycles. The fourth-order valence-electron chi connectivity index (χ4n) is 4.88. The average molecular weight is 548 g/mol. The maximum atomic E-state index is 14.0. The molecule has 0 spiro atoms. The fraction of sp³-hybridized carbons (Fsp3) is 0.355. The summed E-state index contributed by atoms with van der Waals surface area (Å²) in [5.74, 6) is -0.676. The molecular formula is C31H37N3O4S. The number of nitrogens with zero attached hydrogens (tertiary/aromatic N) is 2. The van der Waals surface area contributed by atoms with E-state index in [-0.39, 0.29) is 23.4 Å². The minimum atomic E-state index is -4.04. The lowest BCUT2D eigenvalue weighted by atomic mass is 9.95. The molecule has 3 aromatic carbocycles. The zero-order valence-corrected chi connectivity index (χ0v) is 23.4. The van der Waals surface area contributed by atoms with Crippen LogP contribution in [0.1, 0.15) is 50.2 Å². The number of aryl methyl sites for hydroxylation is 1. The van der Waals surface area contributed by atoms with Gasteiger partial charge in [0, 0.05) is 12.6 Å². The Hall–Kier alpha value is -3.65. The van der Waals surface area contributed by atoms with E-state index < -0.39 is 28.5 Å². The van der Waals surface area contributed by atoms with Gasteiger partial charge in [0.25, 0.3) is 10.0 Å². The molecule has 1 saturated carbocycles. The fourth-order valence-corrected chi connectivity index (χ4v) is 6.32. The second-order valence-electron chi connectivity index (χ2n) is 10.2. The van der Waals surface area contributed by atoms with Gasteiger partial charge in [-0.1, -0.05) is 85.5 Å². The van der Waals surface area contributed by atoms with Crippen LogP contribution in [0.5, 0.6) is 0 Å². The maximum Gasteiger partial charge on any atom is 0.264 e. The van der Waals surface area contributed by atoms with Crippen molar-refractivity contribution in [1.29, 1.82) is 0 Å². The first-order chi connectivity index (χ1) is 18.8. The van der Waals surface area contributed by atoms with Crippen LogP contribution in [0.4, 0.5) is 5.69 Å². The zero-order chi connectivity index (χ0) is 27.8. The standard InChI is InChI=1S/C31H37N3O4S/c1-24-18-20-26(21-19-24)22-33(25(2)31(36)32-27-12-6-3-7-13-27)30(35)23-34(28-14-8-4-9-15-28)39(37,38)29-16-10-5-11-17-29/h4-5,8-11,14-21,25,27H,3,6-7,12-13,22-23H2,1-2H3,(H,32,36)/t25-/m0/s1. The van der Waals surface area contributed by atoms with E-state index in [0.717, 1.165) is 41.1 Å². The number of para-hydroxylation sites is 1. The van der Waals surface area contributed by atoms with Gasteiger partial charge in [-0.15, -0.1) is 0 Å². The third-order valence-corrected chi connectivity index (χ3v) is 9.03. The zero-order valence-electron chi connectivity index (χ0n) is 22.6. The van der Waals surface area contributed by atoms with Crippen LogP contribution in [-0.2, 0) is 26.2 Å². The highest BCUT2D eigenvalue weighted by molar-refractivity contribution is 7.92. The third-order valence-electron chi connectivity index (χ3n) is 7.25. The van der Waals surface area contributed by atoms with Gasteiger partial charge in [-0.25, -0.2) is 8.42 Å². The van der Waals surface area contributed by atoms with Crippen molar-refractivity contribution in [3.05, 3.63) is 96.1 Å². The van der Waals surface area contributed by atoms with Gasteiger partial charge in [0.05, 0.1) is 10.6 Å². The molecule has 0 aromatic heterocycles. The van der Waals surface area contributed by atoms with Gasteiger partial charge in [0.1, 0.15) is 12.6 Å². The molecule has 0 radical (unpaired) electrons. The molecule has 0 aliphatic heterocycles. The molecular weight excluding hydrogens is 510 g/mol. The van der Waals surface area contributed by atoms with E-state index in [1.165, 1.54) is 23.5 Å². The summed E-state index contributed by atoms with van der Waals surface area (Å²) in [5, 5.41) is 3.13. The Kier molecular flexibility index (Phi) is 9.41. The number of carbonyl (C=O) groups excluding carboxylic acids is 2. The molecule has 0 unspecified atom stereocenters. The van der Waals surface area contributed by atoms with Crippen molar-refractivity contribution in [3.63, 3.8) is 0 Å². The molecule has 1 fully saturated rings. The summed E-state index contributed by atoms with van der Waals surface area (Å²) >= 11 is 0. The number of anilines is 1. The van der Waals surface area contributed by atoms with Crippen LogP contribution >= 0.6 is 0 Å². The number of rotatable bonds is 10. The molecule has 7 nitrogen and oxygen atoms in total. The van der Waals surface area contributed by atoms with E-state index in [1.54, 1.807) is 55.5 Å².